The number of aromatic nitrogens is 2. The maximum absolute atomic E-state index is 13.7. The number of likely N-dealkylation sites (tertiary alicyclic amines) is 1. The lowest BCUT2D eigenvalue weighted by Crippen LogP contribution is -2.49. The topological polar surface area (TPSA) is 50.2 Å². The molecule has 2 unspecified atom stereocenters. The van der Waals surface area contributed by atoms with Crippen molar-refractivity contribution >= 4 is 11.7 Å². The number of amides is 1. The van der Waals surface area contributed by atoms with Crippen LogP contribution in [0.15, 0.2) is 36.4 Å². The second kappa shape index (κ2) is 7.96. The molecule has 1 aromatic carbocycles. The predicted molar refractivity (Wildman–Crippen MR) is 108 cm³/mol. The molecule has 2 aromatic rings. The molecule has 0 radical (unpaired) electrons. The van der Waals surface area contributed by atoms with Gasteiger partial charge in [0, 0.05) is 25.2 Å². The summed E-state index contributed by atoms with van der Waals surface area (Å²) >= 11 is 0. The molecule has 5 nitrogen and oxygen atoms in total. The van der Waals surface area contributed by atoms with E-state index in [0.717, 1.165) is 23.1 Å². The van der Waals surface area contributed by atoms with Crippen LogP contribution in [-0.2, 0) is 4.79 Å². The Morgan fingerprint density at radius 1 is 1.27 bits per heavy atom. The number of carbonyl (C=O) groups excluding carboxylic acids is 1. The predicted octanol–water partition coefficient (Wildman–Crippen LogP) is 4.52. The van der Waals surface area contributed by atoms with Crippen LogP contribution in [0.25, 0.3) is 0 Å². The van der Waals surface area contributed by atoms with Gasteiger partial charge in [-0.25, -0.2) is 4.68 Å². The zero-order valence-electron chi connectivity index (χ0n) is 17.2. The minimum absolute atomic E-state index is 0.0283. The van der Waals surface area contributed by atoms with Crippen LogP contribution in [0.3, 0.4) is 0 Å². The second-order valence-electron chi connectivity index (χ2n) is 8.48. The third-order valence-corrected chi connectivity index (χ3v) is 6.35. The highest BCUT2D eigenvalue weighted by Crippen LogP contribution is 2.42. The lowest BCUT2D eigenvalue weighted by Gasteiger charge is -2.42. The Labute approximate surface area is 174 Å². The molecule has 2 aliphatic heterocycles. The van der Waals surface area contributed by atoms with Crippen molar-refractivity contribution in [2.45, 2.75) is 57.3 Å². The summed E-state index contributed by atoms with van der Waals surface area (Å²) < 4.78 is 42.2. The van der Waals surface area contributed by atoms with Crippen LogP contribution >= 0.6 is 0 Å². The highest BCUT2D eigenvalue weighted by Gasteiger charge is 2.48. The van der Waals surface area contributed by atoms with Gasteiger partial charge in [0.15, 0.2) is 6.04 Å². The monoisotopic (exact) mass is 420 g/mol. The van der Waals surface area contributed by atoms with E-state index in [4.69, 9.17) is 0 Å². The molecule has 0 saturated carbocycles. The van der Waals surface area contributed by atoms with E-state index in [9.17, 15) is 18.0 Å². The average Bonchev–Trinajstić information content (AvgIpc) is 3.11. The van der Waals surface area contributed by atoms with E-state index in [0.29, 0.717) is 24.6 Å². The summed E-state index contributed by atoms with van der Waals surface area (Å²) in [6.07, 6.45) is -2.83. The Hall–Kier alpha value is -2.51. The molecule has 1 amide bonds. The molecule has 4 atom stereocenters. The fraction of sp³-hybridized carbons (Fsp3) is 0.545. The number of hydrogen-bond donors (Lipinski definition) is 1. The molecule has 2 aliphatic rings. The first-order chi connectivity index (χ1) is 14.2. The van der Waals surface area contributed by atoms with E-state index >= 15 is 0 Å². The van der Waals surface area contributed by atoms with Gasteiger partial charge in [-0.1, -0.05) is 30.3 Å². The lowest BCUT2D eigenvalue weighted by atomic mass is 9.85. The number of nitrogens with one attached hydrogen (secondary N) is 1. The van der Waals surface area contributed by atoms with Gasteiger partial charge in [-0.05, 0) is 44.6 Å². The second-order valence-corrected chi connectivity index (χ2v) is 8.48. The van der Waals surface area contributed by atoms with Gasteiger partial charge < -0.3 is 10.2 Å². The highest BCUT2D eigenvalue weighted by molar-refractivity contribution is 5.83. The molecule has 162 valence electrons. The van der Waals surface area contributed by atoms with E-state index < -0.39 is 12.2 Å². The smallest absolute Gasteiger partial charge is 0.367 e. The minimum atomic E-state index is -4.36. The van der Waals surface area contributed by atoms with Crippen molar-refractivity contribution in [3.05, 3.63) is 47.7 Å². The minimum Gasteiger partial charge on any atom is -0.367 e. The van der Waals surface area contributed by atoms with Gasteiger partial charge >= 0.3 is 6.18 Å². The van der Waals surface area contributed by atoms with Crippen LogP contribution in [0.2, 0.25) is 0 Å². The van der Waals surface area contributed by atoms with Crippen molar-refractivity contribution in [1.82, 2.24) is 14.7 Å². The zero-order chi connectivity index (χ0) is 21.5. The number of benzene rings is 1. The molecular formula is C22H27F3N4O. The number of anilines is 1. The first-order valence-electron chi connectivity index (χ1n) is 10.5. The Kier molecular flexibility index (Phi) is 5.51. The summed E-state index contributed by atoms with van der Waals surface area (Å²) in [5.41, 5.74) is 1.52. The van der Waals surface area contributed by atoms with E-state index in [1.807, 2.05) is 42.2 Å². The van der Waals surface area contributed by atoms with Gasteiger partial charge in [-0.3, -0.25) is 4.79 Å². The Balaban J connectivity index is 1.50. The van der Waals surface area contributed by atoms with E-state index in [2.05, 4.69) is 10.4 Å². The molecule has 0 aliphatic carbocycles. The van der Waals surface area contributed by atoms with Crippen molar-refractivity contribution in [3.63, 3.8) is 0 Å². The van der Waals surface area contributed by atoms with Crippen LogP contribution in [-0.4, -0.2) is 45.9 Å². The fourth-order valence-corrected chi connectivity index (χ4v) is 4.73. The van der Waals surface area contributed by atoms with Crippen molar-refractivity contribution < 1.29 is 18.0 Å². The molecule has 4 rings (SSSR count). The van der Waals surface area contributed by atoms with E-state index in [1.165, 1.54) is 0 Å². The molecule has 1 saturated heterocycles. The SMILES string of the molecule is Cc1cc2n(n1)[C@@H](C(F)(F)F)C[C@@H](C1CCCN(C(=O)C(C)c3ccccc3)C1)N2. The first kappa shape index (κ1) is 20.8. The molecule has 30 heavy (non-hydrogen) atoms. The Morgan fingerprint density at radius 3 is 2.70 bits per heavy atom. The normalized spacial score (nSPS) is 25.4. The van der Waals surface area contributed by atoms with Crippen LogP contribution in [0.1, 0.15) is 49.4 Å². The third-order valence-electron chi connectivity index (χ3n) is 6.35. The summed E-state index contributed by atoms with van der Waals surface area (Å²) in [5, 5.41) is 7.32. The maximum Gasteiger partial charge on any atom is 0.410 e. The number of hydrogen-bond acceptors (Lipinski definition) is 3. The first-order valence-corrected chi connectivity index (χ1v) is 10.5. The average molecular weight is 420 g/mol. The van der Waals surface area contributed by atoms with E-state index in [-0.39, 0.29) is 30.2 Å². The number of nitrogens with zero attached hydrogens (tertiary/aromatic N) is 3. The molecule has 0 bridgehead atoms. The maximum atomic E-state index is 13.7. The molecule has 1 aromatic heterocycles. The Morgan fingerprint density at radius 2 is 2.00 bits per heavy atom. The standard InChI is InChI=1S/C22H27F3N4O/c1-14-11-20-26-18(12-19(22(23,24)25)29(20)27-14)17-9-6-10-28(13-17)21(30)15(2)16-7-4-3-5-8-16/h3-5,7-8,11,15,17-19,26H,6,9-10,12-13H2,1-2H3/t15?,17?,18-,19+/m0/s1. The van der Waals surface area contributed by atoms with Crippen molar-refractivity contribution in [1.29, 1.82) is 0 Å². The molecule has 1 fully saturated rings. The van der Waals surface area contributed by atoms with Gasteiger partial charge in [-0.15, -0.1) is 0 Å². The summed E-state index contributed by atoms with van der Waals surface area (Å²) in [6, 6.07) is 9.28. The van der Waals surface area contributed by atoms with Gasteiger partial charge in [0.2, 0.25) is 5.91 Å². The van der Waals surface area contributed by atoms with Gasteiger partial charge in [-0.2, -0.15) is 18.3 Å². The molecule has 1 N–H and O–H groups in total. The molecule has 3 heterocycles. The molecule has 0 spiro atoms. The van der Waals surface area contributed by atoms with E-state index in [1.54, 1.807) is 13.0 Å². The quantitative estimate of drug-likeness (QED) is 0.794. The number of alkyl halides is 3. The number of rotatable bonds is 3. The third kappa shape index (κ3) is 4.04. The van der Waals surface area contributed by atoms with Crippen LogP contribution in [0.5, 0.6) is 0 Å². The van der Waals surface area contributed by atoms with Crippen molar-refractivity contribution in [2.24, 2.45) is 5.92 Å². The lowest BCUT2D eigenvalue weighted by molar-refractivity contribution is -0.175. The van der Waals surface area contributed by atoms with Crippen LogP contribution in [0, 0.1) is 12.8 Å². The van der Waals surface area contributed by atoms with Crippen LogP contribution < -0.4 is 5.32 Å². The number of fused-ring (bicyclic) bond motifs is 1. The van der Waals surface area contributed by atoms with Gasteiger partial charge in [0.05, 0.1) is 11.6 Å². The summed E-state index contributed by atoms with van der Waals surface area (Å²) in [7, 11) is 0. The van der Waals surface area contributed by atoms with Crippen LogP contribution in [0.4, 0.5) is 19.0 Å². The number of halogens is 3. The molecule has 8 heteroatoms. The summed E-state index contributed by atoms with van der Waals surface area (Å²) in [6.45, 7) is 4.72. The fourth-order valence-electron chi connectivity index (χ4n) is 4.73. The summed E-state index contributed by atoms with van der Waals surface area (Å²) in [5.74, 6) is 0.151. The number of piperidine rings is 1. The van der Waals surface area contributed by atoms with Crippen molar-refractivity contribution in [2.75, 3.05) is 18.4 Å². The Bertz CT molecular complexity index is 896. The van der Waals surface area contributed by atoms with Gasteiger partial charge in [0.1, 0.15) is 5.82 Å². The number of carbonyl (C=O) groups is 1. The number of aryl methyl sites for hydroxylation is 1. The van der Waals surface area contributed by atoms with Gasteiger partial charge in [0.25, 0.3) is 0 Å². The molecular weight excluding hydrogens is 393 g/mol. The highest BCUT2D eigenvalue weighted by atomic mass is 19.4. The van der Waals surface area contributed by atoms with Crippen molar-refractivity contribution in [3.8, 4) is 0 Å². The largest absolute Gasteiger partial charge is 0.410 e. The zero-order valence-corrected chi connectivity index (χ0v) is 17.2. The summed E-state index contributed by atoms with van der Waals surface area (Å²) in [4.78, 5) is 14.9.